The summed E-state index contributed by atoms with van der Waals surface area (Å²) in [6, 6.07) is 62.5. The highest BCUT2D eigenvalue weighted by Gasteiger charge is 2.34. The standard InChI is InChI=1S/2C25H27ClN4.C25H29ClN4.C25H26F2N4/c26-23-11-4-3-9-20(23)22-16-18-17-28-25(27-12-7-15-30-13-5-6-14-30)29-24(18)21-10-2-1-8-19(21)22;26-20-10-8-18(9-11-20)23-16-19-17-28-25(27-12-5-15-30-13-3-4-14-30)29-24(19)22-7-2-1-6-21(22)23;1-3-30(4-2)15-9-14-27-25-28-17-18-16-22(20-11-7-8-13-23(20)26)19-10-5-6-12-21(19)24(18)29-25;26-22-9-8-17(15-23(22)27)21-14-18-16-29-25(28-10-5-13-31-11-3-4-12-31)30-24(18)20-7-2-1-6-19(20)21/h1-4,8-11,17,22H,5-7,12-16H2,(H,27,28,29);1-2,6-11,17,23H,3-5,12-16H2,(H,27,28,29);5-8,10-13,17,22H,3-4,9,14-16H2,1-2H3,(H,27,28,29);1-2,6-9,15-16,21H,3-5,10-14H2,(H,28,29,30). The summed E-state index contributed by atoms with van der Waals surface area (Å²) >= 11 is 19.2. The third kappa shape index (κ3) is 20.8. The van der Waals surface area contributed by atoms with E-state index in [0.29, 0.717) is 24.2 Å². The van der Waals surface area contributed by atoms with Crippen LogP contribution < -0.4 is 21.3 Å². The van der Waals surface area contributed by atoms with Gasteiger partial charge >= 0.3 is 0 Å². The molecule has 3 fully saturated rings. The number of benzene rings is 8. The second-order valence-corrected chi connectivity index (χ2v) is 34.0. The minimum absolute atomic E-state index is 0.0540. The molecule has 8 aromatic carbocycles. The summed E-state index contributed by atoms with van der Waals surface area (Å²) in [7, 11) is 0. The number of rotatable bonds is 26. The third-order valence-corrected chi connectivity index (χ3v) is 25.9. The Morgan fingerprint density at radius 3 is 1.00 bits per heavy atom. The van der Waals surface area contributed by atoms with Crippen molar-refractivity contribution in [3.8, 4) is 45.0 Å². The molecule has 4 N–H and O–H groups in total. The summed E-state index contributed by atoms with van der Waals surface area (Å²) in [5.41, 5.74) is 22.6. The van der Waals surface area contributed by atoms with Crippen LogP contribution in [0.4, 0.5) is 32.6 Å². The second kappa shape index (κ2) is 41.1. The second-order valence-electron chi connectivity index (χ2n) is 32.7. The van der Waals surface area contributed by atoms with Gasteiger partial charge in [0.05, 0.1) is 22.8 Å². The molecular weight excluding hydrogens is 1570 g/mol. The minimum atomic E-state index is -0.822. The maximum Gasteiger partial charge on any atom is 0.223 e. The Morgan fingerprint density at radius 1 is 0.347 bits per heavy atom. The van der Waals surface area contributed by atoms with Crippen LogP contribution in [-0.4, -0.2) is 164 Å². The van der Waals surface area contributed by atoms with Crippen molar-refractivity contribution in [3.63, 3.8) is 0 Å². The van der Waals surface area contributed by atoms with Crippen molar-refractivity contribution in [2.75, 3.05) is 126 Å². The smallest absolute Gasteiger partial charge is 0.223 e. The summed E-state index contributed by atoms with van der Waals surface area (Å²) in [5.74, 6) is 1.86. The minimum Gasteiger partial charge on any atom is -0.354 e. The Labute approximate surface area is 726 Å². The van der Waals surface area contributed by atoms with Gasteiger partial charge in [0.2, 0.25) is 23.8 Å². The number of likely N-dealkylation sites (tertiary alicyclic amines) is 3. The average Bonchev–Trinajstić information content (AvgIpc) is 0.934. The molecule has 624 valence electrons. The summed E-state index contributed by atoms with van der Waals surface area (Å²) in [6.07, 6.45) is 23.5. The zero-order chi connectivity index (χ0) is 82.8. The molecule has 0 saturated carbocycles. The van der Waals surface area contributed by atoms with E-state index in [-0.39, 0.29) is 17.8 Å². The van der Waals surface area contributed by atoms with Crippen molar-refractivity contribution in [3.05, 3.63) is 306 Å². The molecular formula is C100H109Cl3F2N16. The van der Waals surface area contributed by atoms with E-state index in [1.165, 1.54) is 151 Å². The number of hydrogen-bond donors (Lipinski definition) is 4. The number of fused-ring (bicyclic) bond motifs is 12. The Hall–Kier alpha value is -10.2. The average molecular weight is 1680 g/mol. The zero-order valence-corrected chi connectivity index (χ0v) is 71.8. The third-order valence-electron chi connectivity index (χ3n) is 24.9. The van der Waals surface area contributed by atoms with Crippen LogP contribution in [-0.2, 0) is 25.7 Å². The van der Waals surface area contributed by atoms with Crippen molar-refractivity contribution in [1.29, 1.82) is 0 Å². The van der Waals surface area contributed by atoms with Crippen LogP contribution in [0.15, 0.2) is 213 Å². The fraction of sp³-hybridized carbons (Fsp3) is 0.360. The molecule has 0 radical (unpaired) electrons. The van der Waals surface area contributed by atoms with E-state index in [4.69, 9.17) is 54.7 Å². The molecule has 4 unspecified atom stereocenters. The molecule has 7 aliphatic rings. The van der Waals surface area contributed by atoms with Gasteiger partial charge in [-0.1, -0.05) is 200 Å². The summed E-state index contributed by atoms with van der Waals surface area (Å²) in [4.78, 5) is 47.9. The summed E-state index contributed by atoms with van der Waals surface area (Å²) in [6.45, 7) is 22.1. The normalized spacial score (nSPS) is 17.3. The predicted octanol–water partition coefficient (Wildman–Crippen LogP) is 21.4. The fourth-order valence-electron chi connectivity index (χ4n) is 18.5. The van der Waals surface area contributed by atoms with Crippen LogP contribution in [0.2, 0.25) is 15.1 Å². The van der Waals surface area contributed by atoms with E-state index in [9.17, 15) is 8.78 Å². The molecule has 19 rings (SSSR count). The monoisotopic (exact) mass is 1680 g/mol. The van der Waals surface area contributed by atoms with Crippen molar-refractivity contribution in [1.82, 2.24) is 59.5 Å². The van der Waals surface area contributed by atoms with Crippen LogP contribution in [0.1, 0.15) is 168 Å². The first-order valence-electron chi connectivity index (χ1n) is 43.8. The molecule has 4 atom stereocenters. The van der Waals surface area contributed by atoms with Crippen molar-refractivity contribution < 1.29 is 8.78 Å². The van der Waals surface area contributed by atoms with Crippen LogP contribution >= 0.6 is 34.8 Å². The van der Waals surface area contributed by atoms with Crippen molar-refractivity contribution in [2.24, 2.45) is 0 Å². The van der Waals surface area contributed by atoms with E-state index >= 15 is 0 Å². The van der Waals surface area contributed by atoms with Crippen molar-refractivity contribution >= 4 is 58.6 Å². The molecule has 3 aliphatic heterocycles. The van der Waals surface area contributed by atoms with Crippen LogP contribution in [0.5, 0.6) is 0 Å². The number of halogens is 5. The number of anilines is 4. The van der Waals surface area contributed by atoms with Gasteiger partial charge in [-0.3, -0.25) is 0 Å². The fourth-order valence-corrected chi connectivity index (χ4v) is 19.2. The number of aromatic nitrogens is 8. The first kappa shape index (κ1) is 84.5. The van der Waals surface area contributed by atoms with Gasteiger partial charge in [0.1, 0.15) is 0 Å². The molecule has 21 heteroatoms. The van der Waals surface area contributed by atoms with Crippen LogP contribution in [0.25, 0.3) is 45.0 Å². The van der Waals surface area contributed by atoms with Gasteiger partial charge in [0.15, 0.2) is 11.6 Å². The molecule has 12 aromatic rings. The van der Waals surface area contributed by atoms with Crippen LogP contribution in [0, 0.1) is 11.6 Å². The van der Waals surface area contributed by atoms with Gasteiger partial charge in [0, 0.05) is 112 Å². The largest absolute Gasteiger partial charge is 0.354 e. The molecule has 4 aromatic heterocycles. The van der Waals surface area contributed by atoms with Gasteiger partial charge < -0.3 is 40.9 Å². The highest BCUT2D eigenvalue weighted by Crippen LogP contribution is 2.48. The van der Waals surface area contributed by atoms with Gasteiger partial charge in [0.25, 0.3) is 0 Å². The maximum atomic E-state index is 13.9. The molecule has 4 aliphatic carbocycles. The Morgan fingerprint density at radius 2 is 0.653 bits per heavy atom. The number of hydrogen-bond acceptors (Lipinski definition) is 16. The van der Waals surface area contributed by atoms with Crippen LogP contribution in [0.3, 0.4) is 0 Å². The SMILES string of the molecule is CCN(CC)CCCNc1ncc2c(n1)-c1ccccc1C(c1ccccc1Cl)C2.Clc1ccc(C2Cc3cnc(NCCCN4CCCC4)nc3-c3ccccc32)cc1.Clc1ccccc1C1Cc2cnc(NCCCN3CCCC3)nc2-c2ccccc21.Fc1ccc(C2Cc3cnc(NCCCN4CCCC4)nc3-c3ccccc32)cc1F. The van der Waals surface area contributed by atoms with E-state index in [1.54, 1.807) is 6.07 Å². The molecule has 16 nitrogen and oxygen atoms in total. The molecule has 0 bridgehead atoms. The first-order chi connectivity index (χ1) is 59.5. The lowest BCUT2D eigenvalue weighted by Crippen LogP contribution is -2.25. The molecule has 3 saturated heterocycles. The van der Waals surface area contributed by atoms with Gasteiger partial charge in [-0.15, -0.1) is 0 Å². The van der Waals surface area contributed by atoms with E-state index in [0.717, 1.165) is 188 Å². The Balaban J connectivity index is 0.000000120. The zero-order valence-electron chi connectivity index (χ0n) is 69.5. The lowest BCUT2D eigenvalue weighted by molar-refractivity contribution is 0.303. The molecule has 121 heavy (non-hydrogen) atoms. The topological polar surface area (TPSA) is 164 Å². The molecule has 0 amide bonds. The Bertz CT molecular complexity index is 5310. The van der Waals surface area contributed by atoms with Gasteiger partial charge in [-0.25, -0.2) is 48.7 Å². The Kier molecular flexibility index (Phi) is 28.7. The maximum absolute atomic E-state index is 13.9. The molecule has 0 spiro atoms. The molecule has 7 heterocycles. The summed E-state index contributed by atoms with van der Waals surface area (Å²) < 4.78 is 27.4. The van der Waals surface area contributed by atoms with Gasteiger partial charge in [-0.2, -0.15) is 0 Å². The predicted molar refractivity (Wildman–Crippen MR) is 490 cm³/mol. The lowest BCUT2D eigenvalue weighted by atomic mass is 9.78. The number of nitrogens with one attached hydrogen (secondary N) is 4. The number of nitrogens with zero attached hydrogens (tertiary/aromatic N) is 12. The summed E-state index contributed by atoms with van der Waals surface area (Å²) in [5, 5.41) is 16.0. The lowest BCUT2D eigenvalue weighted by Gasteiger charge is -2.28. The van der Waals surface area contributed by atoms with E-state index in [2.05, 4.69) is 190 Å². The quantitative estimate of drug-likeness (QED) is 0.0378. The van der Waals surface area contributed by atoms with Gasteiger partial charge in [-0.05, 0) is 272 Å². The highest BCUT2D eigenvalue weighted by atomic mass is 35.5. The van der Waals surface area contributed by atoms with E-state index < -0.39 is 11.6 Å². The first-order valence-corrected chi connectivity index (χ1v) is 45.0. The highest BCUT2D eigenvalue weighted by molar-refractivity contribution is 6.32. The van der Waals surface area contributed by atoms with E-state index in [1.807, 2.05) is 79.4 Å². The van der Waals surface area contributed by atoms with Crippen molar-refractivity contribution in [2.45, 2.75) is 127 Å².